The van der Waals surface area contributed by atoms with Crippen LogP contribution in [0.5, 0.6) is 0 Å². The normalized spacial score (nSPS) is 10.8. The molecule has 0 aliphatic heterocycles. The van der Waals surface area contributed by atoms with Crippen LogP contribution in [0.15, 0.2) is 29.3 Å². The summed E-state index contributed by atoms with van der Waals surface area (Å²) in [5.74, 6) is 0. The lowest BCUT2D eigenvalue weighted by atomic mass is 10.1. The average molecular weight is 337 g/mol. The molecule has 2 aromatic heterocycles. The zero-order valence-corrected chi connectivity index (χ0v) is 15.0. The van der Waals surface area contributed by atoms with Crippen LogP contribution in [0.4, 0.5) is 11.4 Å². The maximum absolute atomic E-state index is 9.69. The van der Waals surface area contributed by atoms with Crippen molar-refractivity contribution in [2.75, 3.05) is 11.6 Å². The van der Waals surface area contributed by atoms with E-state index in [1.165, 1.54) is 11.8 Å². The van der Waals surface area contributed by atoms with Crippen LogP contribution >= 0.6 is 11.8 Å². The van der Waals surface area contributed by atoms with E-state index in [0.29, 0.717) is 5.56 Å². The zero-order valence-electron chi connectivity index (χ0n) is 14.2. The lowest BCUT2D eigenvalue weighted by Gasteiger charge is -2.14. The molecule has 0 saturated carbocycles. The molecule has 1 aromatic carbocycles. The van der Waals surface area contributed by atoms with Crippen molar-refractivity contribution in [1.29, 1.82) is 5.26 Å². The summed E-state index contributed by atoms with van der Waals surface area (Å²) in [4.78, 5) is 4.61. The van der Waals surface area contributed by atoms with Gasteiger partial charge in [-0.05, 0) is 33.1 Å². The van der Waals surface area contributed by atoms with Crippen molar-refractivity contribution in [3.63, 3.8) is 0 Å². The SMILES string of the molecule is CCn1nc(C)c(Nc2c(C#N)c(SC)nc3ccccc23)c1C. The lowest BCUT2D eigenvalue weighted by molar-refractivity contribution is 0.634. The molecular weight excluding hydrogens is 318 g/mol. The first-order valence-electron chi connectivity index (χ1n) is 7.78. The molecule has 122 valence electrons. The van der Waals surface area contributed by atoms with Crippen LogP contribution < -0.4 is 5.32 Å². The van der Waals surface area contributed by atoms with Crippen molar-refractivity contribution in [3.8, 4) is 6.07 Å². The number of nitrogens with one attached hydrogen (secondary N) is 1. The monoisotopic (exact) mass is 337 g/mol. The highest BCUT2D eigenvalue weighted by Crippen LogP contribution is 2.35. The Bertz CT molecular complexity index is 952. The molecule has 0 spiro atoms. The Labute approximate surface area is 145 Å². The molecule has 0 amide bonds. The Hall–Kier alpha value is -2.52. The van der Waals surface area contributed by atoms with E-state index in [1.807, 2.05) is 49.1 Å². The number of rotatable bonds is 4. The standard InChI is InChI=1S/C18H19N5S/c1-5-23-12(3)16(11(2)22-23)21-17-13-8-6-7-9-15(13)20-18(24-4)14(17)10-19/h6-9H,5H2,1-4H3,(H,20,21). The van der Waals surface area contributed by atoms with Crippen molar-refractivity contribution in [2.24, 2.45) is 0 Å². The second-order valence-electron chi connectivity index (χ2n) is 5.49. The van der Waals surface area contributed by atoms with E-state index < -0.39 is 0 Å². The number of aromatic nitrogens is 3. The highest BCUT2D eigenvalue weighted by atomic mass is 32.2. The number of pyridine rings is 1. The molecule has 5 nitrogen and oxygen atoms in total. The van der Waals surface area contributed by atoms with E-state index in [1.54, 1.807) is 0 Å². The van der Waals surface area contributed by atoms with Crippen LogP contribution in [0.25, 0.3) is 10.9 Å². The van der Waals surface area contributed by atoms with Crippen molar-refractivity contribution < 1.29 is 0 Å². The summed E-state index contributed by atoms with van der Waals surface area (Å²) >= 11 is 1.48. The van der Waals surface area contributed by atoms with Gasteiger partial charge >= 0.3 is 0 Å². The summed E-state index contributed by atoms with van der Waals surface area (Å²) in [6, 6.07) is 10.2. The fraction of sp³-hybridized carbons (Fsp3) is 0.278. The first-order chi connectivity index (χ1) is 11.6. The van der Waals surface area contributed by atoms with Crippen LogP contribution in [0.2, 0.25) is 0 Å². The van der Waals surface area contributed by atoms with Crippen molar-refractivity contribution in [3.05, 3.63) is 41.2 Å². The summed E-state index contributed by atoms with van der Waals surface area (Å²) in [7, 11) is 0. The molecule has 0 radical (unpaired) electrons. The van der Waals surface area contributed by atoms with E-state index in [2.05, 4.69) is 28.4 Å². The average Bonchev–Trinajstić information content (AvgIpc) is 2.88. The number of para-hydroxylation sites is 1. The summed E-state index contributed by atoms with van der Waals surface area (Å²) < 4.78 is 1.96. The predicted molar refractivity (Wildman–Crippen MR) is 98.9 cm³/mol. The van der Waals surface area contributed by atoms with Crippen LogP contribution in [0, 0.1) is 25.2 Å². The highest BCUT2D eigenvalue weighted by molar-refractivity contribution is 7.98. The van der Waals surface area contributed by atoms with Gasteiger partial charge in [0.05, 0.1) is 28.3 Å². The minimum absolute atomic E-state index is 0.573. The summed E-state index contributed by atoms with van der Waals surface area (Å²) in [6.07, 6.45) is 1.94. The van der Waals surface area contributed by atoms with Gasteiger partial charge < -0.3 is 5.32 Å². The Morgan fingerprint density at radius 2 is 2.00 bits per heavy atom. The number of anilines is 2. The van der Waals surface area contributed by atoms with Crippen LogP contribution in [-0.4, -0.2) is 21.0 Å². The van der Waals surface area contributed by atoms with E-state index in [-0.39, 0.29) is 0 Å². The molecule has 0 aliphatic rings. The van der Waals surface area contributed by atoms with E-state index in [0.717, 1.165) is 45.2 Å². The maximum Gasteiger partial charge on any atom is 0.116 e. The van der Waals surface area contributed by atoms with Gasteiger partial charge in [-0.15, -0.1) is 11.8 Å². The summed E-state index contributed by atoms with van der Waals surface area (Å²) in [5, 5.41) is 19.4. The van der Waals surface area contributed by atoms with Gasteiger partial charge in [0.15, 0.2) is 0 Å². The molecule has 0 atom stereocenters. The van der Waals surface area contributed by atoms with E-state index in [9.17, 15) is 5.26 Å². The number of nitrogens with zero attached hydrogens (tertiary/aromatic N) is 4. The molecule has 6 heteroatoms. The molecule has 0 fully saturated rings. The third-order valence-corrected chi connectivity index (χ3v) is 4.78. The van der Waals surface area contributed by atoms with Crippen LogP contribution in [0.1, 0.15) is 23.9 Å². The molecule has 2 heterocycles. The Balaban J connectivity index is 2.26. The number of fused-ring (bicyclic) bond motifs is 1. The maximum atomic E-state index is 9.69. The summed E-state index contributed by atoms with van der Waals surface area (Å²) in [6.45, 7) is 6.90. The molecule has 0 saturated heterocycles. The summed E-state index contributed by atoms with van der Waals surface area (Å²) in [5.41, 5.74) is 5.19. The third-order valence-electron chi connectivity index (χ3n) is 4.10. The van der Waals surface area contributed by atoms with E-state index in [4.69, 9.17) is 0 Å². The molecule has 3 aromatic rings. The quantitative estimate of drug-likeness (QED) is 0.715. The molecule has 0 bridgehead atoms. The van der Waals surface area contributed by atoms with Gasteiger partial charge in [-0.25, -0.2) is 4.98 Å². The molecule has 3 rings (SSSR count). The lowest BCUT2D eigenvalue weighted by Crippen LogP contribution is -2.02. The van der Waals surface area contributed by atoms with Crippen LogP contribution in [0.3, 0.4) is 0 Å². The molecule has 24 heavy (non-hydrogen) atoms. The van der Waals surface area contributed by atoms with E-state index >= 15 is 0 Å². The molecule has 0 aliphatic carbocycles. The fourth-order valence-corrected chi connectivity index (χ4v) is 3.42. The number of hydrogen-bond acceptors (Lipinski definition) is 5. The van der Waals surface area contributed by atoms with Gasteiger partial charge in [-0.2, -0.15) is 10.4 Å². The Morgan fingerprint density at radius 3 is 2.62 bits per heavy atom. The van der Waals surface area contributed by atoms with Gasteiger partial charge in [0.1, 0.15) is 16.7 Å². The van der Waals surface area contributed by atoms with Gasteiger partial charge in [-0.3, -0.25) is 4.68 Å². The topological polar surface area (TPSA) is 66.5 Å². The largest absolute Gasteiger partial charge is 0.351 e. The van der Waals surface area contributed by atoms with Crippen LogP contribution in [-0.2, 0) is 6.54 Å². The van der Waals surface area contributed by atoms with Gasteiger partial charge in [-0.1, -0.05) is 18.2 Å². The Kier molecular flexibility index (Phi) is 4.45. The second-order valence-corrected chi connectivity index (χ2v) is 6.28. The third kappa shape index (κ3) is 2.61. The van der Waals surface area contributed by atoms with Gasteiger partial charge in [0, 0.05) is 11.9 Å². The minimum atomic E-state index is 0.573. The number of nitriles is 1. The predicted octanol–water partition coefficient (Wildman–Crippen LogP) is 4.41. The highest BCUT2D eigenvalue weighted by Gasteiger charge is 2.18. The zero-order chi connectivity index (χ0) is 17.3. The van der Waals surface area contributed by atoms with Crippen molar-refractivity contribution in [1.82, 2.24) is 14.8 Å². The van der Waals surface area contributed by atoms with Crippen molar-refractivity contribution in [2.45, 2.75) is 32.3 Å². The van der Waals surface area contributed by atoms with Crippen molar-refractivity contribution >= 4 is 34.0 Å². The molecule has 1 N–H and O–H groups in total. The van der Waals surface area contributed by atoms with Gasteiger partial charge in [0.2, 0.25) is 0 Å². The number of benzene rings is 1. The first-order valence-corrected chi connectivity index (χ1v) is 9.01. The fourth-order valence-electron chi connectivity index (χ4n) is 2.88. The second kappa shape index (κ2) is 6.54. The van der Waals surface area contributed by atoms with Gasteiger partial charge in [0.25, 0.3) is 0 Å². The first kappa shape index (κ1) is 16.3. The Morgan fingerprint density at radius 1 is 1.25 bits per heavy atom. The number of thioether (sulfide) groups is 1. The number of hydrogen-bond donors (Lipinski definition) is 1. The molecule has 0 unspecified atom stereocenters. The smallest absolute Gasteiger partial charge is 0.116 e. The number of aryl methyl sites for hydroxylation is 2. The molecular formula is C18H19N5S. The minimum Gasteiger partial charge on any atom is -0.351 e.